The quantitative estimate of drug-likeness (QED) is 0.755. The molecule has 1 N–H and O–H groups in total. The first-order chi connectivity index (χ1) is 8.40. The summed E-state index contributed by atoms with van der Waals surface area (Å²) in [6.45, 7) is 3.64. The second kappa shape index (κ2) is 3.48. The average Bonchev–Trinajstić information content (AvgIpc) is 2.49. The van der Waals surface area contributed by atoms with Crippen LogP contribution in [0.2, 0.25) is 0 Å². The van der Waals surface area contributed by atoms with Crippen molar-refractivity contribution in [1.29, 1.82) is 0 Å². The van der Waals surface area contributed by atoms with Crippen LogP contribution in [0.15, 0.2) is 28.7 Å². The van der Waals surface area contributed by atoms with Crippen LogP contribution < -0.4 is 0 Å². The second-order valence-electron chi connectivity index (χ2n) is 4.91. The topological polar surface area (TPSA) is 46.5 Å². The monoisotopic (exact) mass is 306 g/mol. The third-order valence-electron chi connectivity index (χ3n) is 3.28. The molecule has 18 heavy (non-hydrogen) atoms. The molecule has 2 aromatic carbocycles. The number of rotatable bonds is 0. The van der Waals surface area contributed by atoms with Crippen molar-refractivity contribution in [3.05, 3.63) is 39.9 Å². The summed E-state index contributed by atoms with van der Waals surface area (Å²) in [6, 6.07) is 7.07. The predicted octanol–water partition coefficient (Wildman–Crippen LogP) is 3.71. The molecule has 2 aromatic rings. The molecule has 0 radical (unpaired) electrons. The third-order valence-corrected chi connectivity index (χ3v) is 3.77. The molecular weight excluding hydrogens is 296 g/mol. The van der Waals surface area contributed by atoms with Crippen LogP contribution in [0.3, 0.4) is 0 Å². The highest BCUT2D eigenvalue weighted by Gasteiger charge is 2.39. The fourth-order valence-corrected chi connectivity index (χ4v) is 2.77. The Morgan fingerprint density at radius 3 is 2.67 bits per heavy atom. The van der Waals surface area contributed by atoms with E-state index in [0.29, 0.717) is 10.9 Å². The first-order valence-corrected chi connectivity index (χ1v) is 6.38. The maximum Gasteiger partial charge on any atom is 0.340 e. The highest BCUT2D eigenvalue weighted by Crippen LogP contribution is 2.43. The molecule has 1 aliphatic heterocycles. The van der Waals surface area contributed by atoms with Crippen LogP contribution in [0.5, 0.6) is 5.75 Å². The first kappa shape index (κ1) is 11.5. The van der Waals surface area contributed by atoms with Crippen molar-refractivity contribution in [1.82, 2.24) is 0 Å². The van der Waals surface area contributed by atoms with Crippen molar-refractivity contribution in [2.24, 2.45) is 0 Å². The van der Waals surface area contributed by atoms with Crippen LogP contribution in [0, 0.1) is 0 Å². The van der Waals surface area contributed by atoms with E-state index in [4.69, 9.17) is 4.74 Å². The maximum atomic E-state index is 12.0. The number of esters is 1. The fourth-order valence-electron chi connectivity index (χ4n) is 2.41. The fraction of sp³-hybridized carbons (Fsp3) is 0.214. The molecule has 3 nitrogen and oxygen atoms in total. The Morgan fingerprint density at radius 2 is 1.94 bits per heavy atom. The minimum Gasteiger partial charge on any atom is -0.507 e. The van der Waals surface area contributed by atoms with Gasteiger partial charge in [-0.05, 0) is 38.1 Å². The lowest BCUT2D eigenvalue weighted by Crippen LogP contribution is -2.15. The molecule has 0 spiro atoms. The summed E-state index contributed by atoms with van der Waals surface area (Å²) in [5.74, 6) is -0.166. The number of phenols is 1. The number of halogens is 1. The number of hydrogen-bond acceptors (Lipinski definition) is 3. The van der Waals surface area contributed by atoms with Gasteiger partial charge in [0.1, 0.15) is 11.4 Å². The van der Waals surface area contributed by atoms with Gasteiger partial charge in [0, 0.05) is 20.8 Å². The van der Waals surface area contributed by atoms with Gasteiger partial charge in [0.2, 0.25) is 0 Å². The second-order valence-corrected chi connectivity index (χ2v) is 5.82. The molecule has 0 aliphatic carbocycles. The van der Waals surface area contributed by atoms with Crippen LogP contribution >= 0.6 is 15.9 Å². The lowest BCUT2D eigenvalue weighted by molar-refractivity contribution is 0.00956. The normalized spacial score (nSPS) is 16.7. The van der Waals surface area contributed by atoms with Gasteiger partial charge in [-0.2, -0.15) is 0 Å². The van der Waals surface area contributed by atoms with E-state index in [-0.39, 0.29) is 11.7 Å². The number of aromatic hydroxyl groups is 1. The van der Waals surface area contributed by atoms with E-state index in [0.717, 1.165) is 15.4 Å². The van der Waals surface area contributed by atoms with Gasteiger partial charge in [0.05, 0.1) is 5.56 Å². The van der Waals surface area contributed by atoms with E-state index in [1.165, 1.54) is 0 Å². The van der Waals surface area contributed by atoms with Gasteiger partial charge in [0.25, 0.3) is 0 Å². The molecule has 0 amide bonds. The Labute approximate surface area is 113 Å². The van der Waals surface area contributed by atoms with Gasteiger partial charge >= 0.3 is 5.97 Å². The highest BCUT2D eigenvalue weighted by atomic mass is 79.9. The van der Waals surface area contributed by atoms with Crippen LogP contribution in [-0.4, -0.2) is 11.1 Å². The van der Waals surface area contributed by atoms with E-state index in [2.05, 4.69) is 15.9 Å². The van der Waals surface area contributed by atoms with E-state index in [1.807, 2.05) is 26.0 Å². The Bertz CT molecular complexity index is 689. The van der Waals surface area contributed by atoms with Gasteiger partial charge in [-0.1, -0.05) is 15.9 Å². The Morgan fingerprint density at radius 1 is 1.22 bits per heavy atom. The van der Waals surface area contributed by atoms with Gasteiger partial charge in [-0.25, -0.2) is 4.79 Å². The summed E-state index contributed by atoms with van der Waals surface area (Å²) in [5.41, 5.74) is 0.588. The maximum absolute atomic E-state index is 12.0. The number of fused-ring (bicyclic) bond motifs is 3. The molecule has 4 heteroatoms. The summed E-state index contributed by atoms with van der Waals surface area (Å²) in [7, 11) is 0. The lowest BCUT2D eigenvalue weighted by Gasteiger charge is -2.17. The lowest BCUT2D eigenvalue weighted by atomic mass is 9.91. The molecule has 1 aliphatic rings. The molecule has 1 heterocycles. The predicted molar refractivity (Wildman–Crippen MR) is 71.8 cm³/mol. The third kappa shape index (κ3) is 1.45. The van der Waals surface area contributed by atoms with Crippen molar-refractivity contribution in [3.8, 4) is 5.75 Å². The van der Waals surface area contributed by atoms with Crippen molar-refractivity contribution < 1.29 is 14.6 Å². The number of cyclic esters (lactones) is 1. The largest absolute Gasteiger partial charge is 0.507 e. The molecule has 92 valence electrons. The van der Waals surface area contributed by atoms with Crippen LogP contribution in [0.25, 0.3) is 10.8 Å². The van der Waals surface area contributed by atoms with Gasteiger partial charge in [0.15, 0.2) is 0 Å². The van der Waals surface area contributed by atoms with Gasteiger partial charge in [-0.15, -0.1) is 0 Å². The van der Waals surface area contributed by atoms with E-state index >= 15 is 0 Å². The zero-order chi connectivity index (χ0) is 13.1. The molecule has 0 unspecified atom stereocenters. The number of ether oxygens (including phenoxy) is 1. The van der Waals surface area contributed by atoms with Crippen LogP contribution in [-0.2, 0) is 10.3 Å². The standard InChI is InChI=1S/C14H11BrO3/c1-14(2)10-6-11(16)8-4-3-7(15)5-9(8)12(10)13(17)18-14/h3-6,16H,1-2H3. The summed E-state index contributed by atoms with van der Waals surface area (Å²) in [4.78, 5) is 12.0. The molecule has 3 rings (SSSR count). The van der Waals surface area contributed by atoms with Crippen molar-refractivity contribution in [2.75, 3.05) is 0 Å². The average molecular weight is 307 g/mol. The molecule has 0 aromatic heterocycles. The number of benzene rings is 2. The van der Waals surface area contributed by atoms with E-state index < -0.39 is 5.60 Å². The van der Waals surface area contributed by atoms with E-state index in [9.17, 15) is 9.90 Å². The number of carbonyl (C=O) groups excluding carboxylic acids is 1. The summed E-state index contributed by atoms with van der Waals surface area (Å²) >= 11 is 3.38. The SMILES string of the molecule is CC1(C)OC(=O)c2c1cc(O)c1ccc(Br)cc21. The molecular formula is C14H11BrO3. The summed E-state index contributed by atoms with van der Waals surface area (Å²) in [6.07, 6.45) is 0. The van der Waals surface area contributed by atoms with Gasteiger partial charge < -0.3 is 9.84 Å². The van der Waals surface area contributed by atoms with Crippen LogP contribution in [0.4, 0.5) is 0 Å². The van der Waals surface area contributed by atoms with Crippen molar-refractivity contribution in [3.63, 3.8) is 0 Å². The van der Waals surface area contributed by atoms with Crippen molar-refractivity contribution >= 4 is 32.7 Å². The summed E-state index contributed by atoms with van der Waals surface area (Å²) in [5, 5.41) is 11.4. The van der Waals surface area contributed by atoms with E-state index in [1.54, 1.807) is 12.1 Å². The molecule has 0 saturated carbocycles. The first-order valence-electron chi connectivity index (χ1n) is 5.59. The Hall–Kier alpha value is -1.55. The minimum absolute atomic E-state index is 0.169. The van der Waals surface area contributed by atoms with Crippen molar-refractivity contribution in [2.45, 2.75) is 19.4 Å². The number of carbonyl (C=O) groups is 1. The Kier molecular flexibility index (Phi) is 2.23. The smallest absolute Gasteiger partial charge is 0.340 e. The zero-order valence-electron chi connectivity index (χ0n) is 9.95. The number of hydrogen-bond donors (Lipinski definition) is 1. The highest BCUT2D eigenvalue weighted by molar-refractivity contribution is 9.10. The molecule has 0 atom stereocenters. The van der Waals surface area contributed by atoms with Crippen LogP contribution in [0.1, 0.15) is 29.8 Å². The summed E-state index contributed by atoms with van der Waals surface area (Å²) < 4.78 is 6.22. The molecule has 0 saturated heterocycles. The van der Waals surface area contributed by atoms with Gasteiger partial charge in [-0.3, -0.25) is 0 Å². The minimum atomic E-state index is -0.694. The zero-order valence-corrected chi connectivity index (χ0v) is 11.5. The number of phenolic OH excluding ortho intramolecular Hbond substituents is 1. The molecule has 0 fully saturated rings. The Balaban J connectivity index is 2.50. The molecule has 0 bridgehead atoms.